The Labute approximate surface area is 432 Å². The summed E-state index contributed by atoms with van der Waals surface area (Å²) in [6.07, 6.45) is -0.774. The Balaban J connectivity index is 0.731. The average molecular weight is 1040 g/mol. The van der Waals surface area contributed by atoms with Gasteiger partial charge in [0, 0.05) is 43.1 Å². The Morgan fingerprint density at radius 1 is 0.907 bits per heavy atom. The second-order valence-corrected chi connectivity index (χ2v) is 20.0. The number of methoxy groups -OCH3 is 1. The molecule has 3 aliphatic heterocycles. The quantitative estimate of drug-likeness (QED) is 0.0560. The van der Waals surface area contributed by atoms with Gasteiger partial charge in [-0.1, -0.05) is 41.7 Å². The molecule has 3 aliphatic rings. The van der Waals surface area contributed by atoms with Gasteiger partial charge in [0.25, 0.3) is 5.91 Å². The van der Waals surface area contributed by atoms with Crippen LogP contribution in [0.4, 0.5) is 29.8 Å². The molecule has 0 aliphatic carbocycles. The SMILES string of the molecule is COc1c(NC(=O)CN2CCC(CCCOc3ccc(-c4ccc(N5CCc6cccc(C(=O)Nc7nc8ccccc8s7)c6C5)nc4C(=O)O)c(C(F)(F)F)c3)CC2)ccc2c(C3CCC(=O)NC3=O)nn(C)c12. The second kappa shape index (κ2) is 21.1. The van der Waals surface area contributed by atoms with E-state index in [1.54, 1.807) is 36.0 Å². The second-order valence-electron chi connectivity index (χ2n) is 18.9. The summed E-state index contributed by atoms with van der Waals surface area (Å²) >= 11 is 1.36. The number of carbonyl (C=O) groups excluding carboxylic acids is 4. The number of rotatable bonds is 15. The van der Waals surface area contributed by atoms with Gasteiger partial charge in [0.1, 0.15) is 17.1 Å². The number of para-hydroxylation sites is 1. The van der Waals surface area contributed by atoms with Crippen LogP contribution in [0.15, 0.2) is 84.9 Å². The minimum absolute atomic E-state index is 0.00255. The normalized spacial score (nSPS) is 16.4. The fraction of sp³-hybridized carbons (Fsp3) is 0.333. The molecular formula is C54H52F3N9O8S. The van der Waals surface area contributed by atoms with E-state index in [1.165, 1.54) is 42.7 Å². The molecule has 2 saturated heterocycles. The fourth-order valence-corrected chi connectivity index (χ4v) is 11.3. The Kier molecular flexibility index (Phi) is 14.3. The molecule has 21 heteroatoms. The van der Waals surface area contributed by atoms with E-state index in [1.807, 2.05) is 35.2 Å². The number of hydrogen-bond donors (Lipinski definition) is 4. The molecule has 75 heavy (non-hydrogen) atoms. The number of amides is 4. The predicted molar refractivity (Wildman–Crippen MR) is 275 cm³/mol. The number of hydrogen-bond acceptors (Lipinski definition) is 13. The highest BCUT2D eigenvalue weighted by molar-refractivity contribution is 7.22. The van der Waals surface area contributed by atoms with Crippen molar-refractivity contribution in [3.63, 3.8) is 0 Å². The van der Waals surface area contributed by atoms with Crippen LogP contribution in [-0.2, 0) is 40.6 Å². The minimum Gasteiger partial charge on any atom is -0.494 e. The number of anilines is 3. The Hall–Kier alpha value is -7.91. The summed E-state index contributed by atoms with van der Waals surface area (Å²) in [6.45, 7) is 2.31. The highest BCUT2D eigenvalue weighted by atomic mass is 32.1. The number of aryl methyl sites for hydroxylation is 1. The zero-order valence-electron chi connectivity index (χ0n) is 41.0. The number of carbonyl (C=O) groups is 5. The van der Waals surface area contributed by atoms with Crippen LogP contribution in [0.2, 0.25) is 0 Å². The van der Waals surface area contributed by atoms with Gasteiger partial charge >= 0.3 is 12.1 Å². The molecule has 7 aromatic rings. The van der Waals surface area contributed by atoms with Gasteiger partial charge in [-0.15, -0.1) is 0 Å². The first kappa shape index (κ1) is 50.6. The lowest BCUT2D eigenvalue weighted by Gasteiger charge is -2.31. The van der Waals surface area contributed by atoms with Crippen molar-refractivity contribution in [1.82, 2.24) is 30.0 Å². The van der Waals surface area contributed by atoms with Crippen LogP contribution in [0.25, 0.3) is 32.2 Å². The smallest absolute Gasteiger partial charge is 0.417 e. The zero-order valence-corrected chi connectivity index (χ0v) is 41.8. The summed E-state index contributed by atoms with van der Waals surface area (Å²) in [5, 5.41) is 24.3. The molecule has 1 atom stereocenters. The largest absolute Gasteiger partial charge is 0.494 e. The maximum atomic E-state index is 14.8. The van der Waals surface area contributed by atoms with Gasteiger partial charge in [-0.25, -0.2) is 14.8 Å². The van der Waals surface area contributed by atoms with Crippen LogP contribution >= 0.6 is 11.3 Å². The number of carboxylic acid groups (broad SMARTS) is 1. The molecule has 4 amide bonds. The number of aromatic nitrogens is 4. The molecule has 17 nitrogen and oxygen atoms in total. The van der Waals surface area contributed by atoms with Crippen molar-refractivity contribution in [2.75, 3.05) is 55.4 Å². The van der Waals surface area contributed by atoms with Gasteiger partial charge in [-0.3, -0.25) is 39.4 Å². The van der Waals surface area contributed by atoms with Crippen molar-refractivity contribution in [3.05, 3.63) is 119 Å². The van der Waals surface area contributed by atoms with E-state index in [9.17, 15) is 42.3 Å². The van der Waals surface area contributed by atoms with E-state index in [2.05, 4.69) is 35.9 Å². The molecule has 6 heterocycles. The molecule has 0 radical (unpaired) electrons. The summed E-state index contributed by atoms with van der Waals surface area (Å²) in [5.74, 6) is -2.40. The molecule has 4 N–H and O–H groups in total. The van der Waals surface area contributed by atoms with Crippen LogP contribution in [-0.4, -0.2) is 99.2 Å². The molecule has 1 unspecified atom stereocenters. The Morgan fingerprint density at radius 3 is 2.47 bits per heavy atom. The van der Waals surface area contributed by atoms with E-state index in [0.29, 0.717) is 83.5 Å². The van der Waals surface area contributed by atoms with Crippen molar-refractivity contribution >= 4 is 78.7 Å². The zero-order chi connectivity index (χ0) is 52.5. The number of benzene rings is 4. The number of imide groups is 1. The first-order valence-corrected chi connectivity index (χ1v) is 25.4. The third kappa shape index (κ3) is 10.7. The van der Waals surface area contributed by atoms with Crippen molar-refractivity contribution in [1.29, 1.82) is 0 Å². The number of nitrogens with one attached hydrogen (secondary N) is 3. The molecule has 388 valence electrons. The fourth-order valence-electron chi connectivity index (χ4n) is 10.4. The number of thiazole rings is 1. The van der Waals surface area contributed by atoms with Gasteiger partial charge in [0.05, 0.1) is 53.3 Å². The average Bonchev–Trinajstić information content (AvgIpc) is 3.97. The molecule has 4 aromatic carbocycles. The summed E-state index contributed by atoms with van der Waals surface area (Å²) < 4.78 is 58.4. The lowest BCUT2D eigenvalue weighted by molar-refractivity contribution is -0.137. The number of pyridine rings is 1. The number of likely N-dealkylation sites (tertiary alicyclic amines) is 1. The molecule has 10 rings (SSSR count). The third-order valence-electron chi connectivity index (χ3n) is 14.2. The van der Waals surface area contributed by atoms with Crippen LogP contribution in [0.1, 0.15) is 87.7 Å². The lowest BCUT2D eigenvalue weighted by atomic mass is 9.92. The molecule has 0 saturated carbocycles. The monoisotopic (exact) mass is 1040 g/mol. The number of nitrogens with zero attached hydrogens (tertiary/aromatic N) is 6. The van der Waals surface area contributed by atoms with Crippen molar-refractivity contribution in [2.24, 2.45) is 13.0 Å². The highest BCUT2D eigenvalue weighted by Crippen LogP contribution is 2.42. The number of piperidine rings is 2. The first-order valence-electron chi connectivity index (χ1n) is 24.6. The summed E-state index contributed by atoms with van der Waals surface area (Å²) in [4.78, 5) is 76.8. The van der Waals surface area contributed by atoms with Crippen molar-refractivity contribution in [3.8, 4) is 22.6 Å². The van der Waals surface area contributed by atoms with Crippen LogP contribution in [0, 0.1) is 5.92 Å². The summed E-state index contributed by atoms with van der Waals surface area (Å²) in [6, 6.07) is 22.9. The number of ether oxygens (including phenoxy) is 2. The standard InChI is InChI=1S/C54H52F3N9O8S/c1-64-48-36(46(63-64)37-16-19-44(67)61-51(37)70)14-17-41(49(48)73-2)58-45(68)29-65-23-20-30(21-24-65)7-6-26-74-32-12-13-33(39(27-32)54(55,56)57)34-15-18-43(60-47(34)52(71)72)66-25-22-31-8-5-9-35(38(31)28-66)50(69)62-53-59-40-10-3-4-11-42(40)75-53/h3-5,8-15,17-18,27,30,37H,6-7,16,19-26,28-29H2,1-2H3,(H,58,68)(H,71,72)(H,59,62,69)(H,61,67,70). The third-order valence-corrected chi connectivity index (χ3v) is 15.1. The number of aromatic carboxylic acids is 1. The highest BCUT2D eigenvalue weighted by Gasteiger charge is 2.37. The van der Waals surface area contributed by atoms with E-state index in [4.69, 9.17) is 9.47 Å². The Morgan fingerprint density at radius 2 is 1.71 bits per heavy atom. The number of fused-ring (bicyclic) bond motifs is 3. The topological polar surface area (TPSA) is 210 Å². The van der Waals surface area contributed by atoms with E-state index < -0.39 is 35.2 Å². The Bertz CT molecular complexity index is 3360. The summed E-state index contributed by atoms with van der Waals surface area (Å²) in [7, 11) is 3.22. The molecule has 0 spiro atoms. The van der Waals surface area contributed by atoms with E-state index in [-0.39, 0.29) is 66.5 Å². The maximum Gasteiger partial charge on any atom is 0.417 e. The van der Waals surface area contributed by atoms with Gasteiger partial charge < -0.3 is 24.8 Å². The molecule has 0 bridgehead atoms. The van der Waals surface area contributed by atoms with Crippen molar-refractivity contribution < 1.29 is 51.7 Å². The van der Waals surface area contributed by atoms with Gasteiger partial charge in [0.2, 0.25) is 17.7 Å². The lowest BCUT2D eigenvalue weighted by Crippen LogP contribution is -2.39. The van der Waals surface area contributed by atoms with Crippen LogP contribution < -0.4 is 30.3 Å². The number of carboxylic acids is 1. The first-order chi connectivity index (χ1) is 36.1. The van der Waals surface area contributed by atoms with Gasteiger partial charge in [0.15, 0.2) is 16.6 Å². The summed E-state index contributed by atoms with van der Waals surface area (Å²) in [5.41, 5.74) is 2.32. The molecule has 3 aromatic heterocycles. The van der Waals surface area contributed by atoms with Gasteiger partial charge in [-0.05, 0) is 129 Å². The molecular weight excluding hydrogens is 992 g/mol. The molecule has 2 fully saturated rings. The maximum absolute atomic E-state index is 14.8. The van der Waals surface area contributed by atoms with E-state index in [0.717, 1.165) is 46.7 Å². The van der Waals surface area contributed by atoms with Crippen LogP contribution in [0.5, 0.6) is 11.5 Å². The van der Waals surface area contributed by atoms with E-state index >= 15 is 0 Å². The van der Waals surface area contributed by atoms with Gasteiger partial charge in [-0.2, -0.15) is 18.3 Å². The van der Waals surface area contributed by atoms with Crippen molar-refractivity contribution in [2.45, 2.75) is 63.6 Å². The predicted octanol–water partition coefficient (Wildman–Crippen LogP) is 8.82. The van der Waals surface area contributed by atoms with Crippen LogP contribution in [0.3, 0.4) is 0 Å². The number of alkyl halides is 3. The minimum atomic E-state index is -4.85. The number of halogens is 3.